The zero-order valence-corrected chi connectivity index (χ0v) is 12.3. The SMILES string of the molecule is CCNC(C)(C#N)CCN(C)C1CCS(=O)(=O)C1. The maximum absolute atomic E-state index is 11.4. The van der Waals surface area contributed by atoms with Crippen LogP contribution in [0.3, 0.4) is 0 Å². The molecule has 0 aromatic carbocycles. The Kier molecular flexibility index (Phi) is 5.14. The third-order valence-electron chi connectivity index (χ3n) is 3.61. The molecule has 1 aliphatic rings. The van der Waals surface area contributed by atoms with E-state index in [0.29, 0.717) is 18.6 Å². The molecular weight excluding hydrogens is 250 g/mol. The smallest absolute Gasteiger partial charge is 0.151 e. The molecule has 104 valence electrons. The summed E-state index contributed by atoms with van der Waals surface area (Å²) < 4.78 is 22.8. The number of nitrogens with zero attached hydrogens (tertiary/aromatic N) is 2. The van der Waals surface area contributed by atoms with E-state index in [0.717, 1.165) is 13.1 Å². The van der Waals surface area contributed by atoms with Gasteiger partial charge < -0.3 is 4.90 Å². The Morgan fingerprint density at radius 1 is 1.56 bits per heavy atom. The number of nitriles is 1. The van der Waals surface area contributed by atoms with Crippen LogP contribution < -0.4 is 5.32 Å². The molecule has 1 heterocycles. The second-order valence-corrected chi connectivity index (χ2v) is 7.49. The first kappa shape index (κ1) is 15.4. The van der Waals surface area contributed by atoms with Gasteiger partial charge in [0.05, 0.1) is 17.6 Å². The van der Waals surface area contributed by atoms with Gasteiger partial charge in [-0.2, -0.15) is 5.26 Å². The van der Waals surface area contributed by atoms with E-state index in [4.69, 9.17) is 5.26 Å². The fraction of sp³-hybridized carbons (Fsp3) is 0.917. The number of sulfone groups is 1. The third kappa shape index (κ3) is 4.23. The fourth-order valence-electron chi connectivity index (χ4n) is 2.28. The zero-order chi connectivity index (χ0) is 13.8. The first-order valence-corrected chi connectivity index (χ1v) is 8.21. The molecule has 1 fully saturated rings. The van der Waals surface area contributed by atoms with Crippen LogP contribution in [0.5, 0.6) is 0 Å². The summed E-state index contributed by atoms with van der Waals surface area (Å²) in [6.45, 7) is 5.35. The molecule has 1 aliphatic heterocycles. The van der Waals surface area contributed by atoms with Gasteiger partial charge >= 0.3 is 0 Å². The van der Waals surface area contributed by atoms with Crippen molar-refractivity contribution in [3.05, 3.63) is 0 Å². The molecule has 6 heteroatoms. The van der Waals surface area contributed by atoms with E-state index in [1.54, 1.807) is 0 Å². The first-order chi connectivity index (χ1) is 8.32. The Bertz CT molecular complexity index is 416. The highest BCUT2D eigenvalue weighted by molar-refractivity contribution is 7.91. The largest absolute Gasteiger partial charge is 0.302 e. The average Bonchev–Trinajstić information content (AvgIpc) is 2.67. The highest BCUT2D eigenvalue weighted by Crippen LogP contribution is 2.18. The van der Waals surface area contributed by atoms with Gasteiger partial charge in [-0.15, -0.1) is 0 Å². The number of nitrogens with one attached hydrogen (secondary N) is 1. The molecule has 1 saturated heterocycles. The van der Waals surface area contributed by atoms with Crippen LogP contribution in [-0.4, -0.2) is 56.5 Å². The molecule has 0 aromatic heterocycles. The summed E-state index contributed by atoms with van der Waals surface area (Å²) in [6, 6.07) is 2.40. The summed E-state index contributed by atoms with van der Waals surface area (Å²) in [4.78, 5) is 2.07. The molecule has 1 rings (SSSR count). The molecule has 0 aliphatic carbocycles. The van der Waals surface area contributed by atoms with Crippen LogP contribution in [0.15, 0.2) is 0 Å². The minimum atomic E-state index is -2.83. The number of hydrogen-bond acceptors (Lipinski definition) is 5. The van der Waals surface area contributed by atoms with Gasteiger partial charge in [-0.25, -0.2) is 8.42 Å². The van der Waals surface area contributed by atoms with E-state index >= 15 is 0 Å². The predicted octanol–water partition coefficient (Wildman–Crippen LogP) is 0.387. The van der Waals surface area contributed by atoms with E-state index in [-0.39, 0.29) is 11.8 Å². The van der Waals surface area contributed by atoms with Crippen molar-refractivity contribution in [2.24, 2.45) is 0 Å². The summed E-state index contributed by atoms with van der Waals surface area (Å²) in [5.41, 5.74) is -0.527. The Hall–Kier alpha value is -0.640. The summed E-state index contributed by atoms with van der Waals surface area (Å²) in [7, 11) is -0.893. The maximum Gasteiger partial charge on any atom is 0.151 e. The van der Waals surface area contributed by atoms with E-state index in [9.17, 15) is 8.42 Å². The van der Waals surface area contributed by atoms with Crippen molar-refractivity contribution in [2.45, 2.75) is 38.3 Å². The Morgan fingerprint density at radius 2 is 2.22 bits per heavy atom. The molecule has 0 saturated carbocycles. The van der Waals surface area contributed by atoms with Crippen LogP contribution in [0.4, 0.5) is 0 Å². The molecule has 5 nitrogen and oxygen atoms in total. The van der Waals surface area contributed by atoms with Crippen LogP contribution in [-0.2, 0) is 9.84 Å². The Morgan fingerprint density at radius 3 is 2.67 bits per heavy atom. The molecule has 1 N–H and O–H groups in total. The van der Waals surface area contributed by atoms with E-state index < -0.39 is 15.4 Å². The van der Waals surface area contributed by atoms with Gasteiger partial charge in [0.2, 0.25) is 0 Å². The Balaban J connectivity index is 2.47. The van der Waals surface area contributed by atoms with Crippen molar-refractivity contribution in [1.29, 1.82) is 5.26 Å². The molecule has 0 radical (unpaired) electrons. The van der Waals surface area contributed by atoms with Crippen LogP contribution in [0.2, 0.25) is 0 Å². The molecule has 2 atom stereocenters. The monoisotopic (exact) mass is 273 g/mol. The van der Waals surface area contributed by atoms with Gasteiger partial charge in [0.25, 0.3) is 0 Å². The van der Waals surface area contributed by atoms with Crippen molar-refractivity contribution in [3.63, 3.8) is 0 Å². The molecule has 0 amide bonds. The van der Waals surface area contributed by atoms with Crippen molar-refractivity contribution >= 4 is 9.84 Å². The molecule has 0 spiro atoms. The third-order valence-corrected chi connectivity index (χ3v) is 5.36. The molecule has 2 unspecified atom stereocenters. The van der Waals surface area contributed by atoms with Crippen LogP contribution in [0.25, 0.3) is 0 Å². The maximum atomic E-state index is 11.4. The molecular formula is C12H23N3O2S. The summed E-state index contributed by atoms with van der Waals surface area (Å²) in [5.74, 6) is 0.554. The minimum absolute atomic E-state index is 0.111. The van der Waals surface area contributed by atoms with Gasteiger partial charge in [-0.05, 0) is 33.4 Å². The predicted molar refractivity (Wildman–Crippen MR) is 72.0 cm³/mol. The topological polar surface area (TPSA) is 73.2 Å². The second-order valence-electron chi connectivity index (χ2n) is 5.26. The first-order valence-electron chi connectivity index (χ1n) is 6.39. The zero-order valence-electron chi connectivity index (χ0n) is 11.4. The van der Waals surface area contributed by atoms with Gasteiger partial charge in [-0.3, -0.25) is 5.32 Å². The Labute approximate surface area is 110 Å². The second kappa shape index (κ2) is 6.00. The number of rotatable bonds is 6. The summed E-state index contributed by atoms with van der Waals surface area (Å²) in [6.07, 6.45) is 1.41. The highest BCUT2D eigenvalue weighted by atomic mass is 32.2. The minimum Gasteiger partial charge on any atom is -0.302 e. The number of hydrogen-bond donors (Lipinski definition) is 1. The molecule has 0 aromatic rings. The van der Waals surface area contributed by atoms with Gasteiger partial charge in [-0.1, -0.05) is 6.92 Å². The van der Waals surface area contributed by atoms with Crippen molar-refractivity contribution in [2.75, 3.05) is 31.6 Å². The summed E-state index contributed by atoms with van der Waals surface area (Å²) in [5, 5.41) is 12.3. The lowest BCUT2D eigenvalue weighted by molar-refractivity contribution is 0.236. The highest BCUT2D eigenvalue weighted by Gasteiger charge is 2.31. The van der Waals surface area contributed by atoms with Crippen molar-refractivity contribution in [1.82, 2.24) is 10.2 Å². The lowest BCUT2D eigenvalue weighted by Gasteiger charge is -2.28. The van der Waals surface area contributed by atoms with E-state index in [2.05, 4.69) is 16.3 Å². The molecule has 0 bridgehead atoms. The van der Waals surface area contributed by atoms with E-state index in [1.807, 2.05) is 20.9 Å². The normalized spacial score (nSPS) is 25.8. The lowest BCUT2D eigenvalue weighted by Crippen LogP contribution is -2.44. The van der Waals surface area contributed by atoms with Crippen LogP contribution >= 0.6 is 0 Å². The van der Waals surface area contributed by atoms with Gasteiger partial charge in [0.15, 0.2) is 9.84 Å². The van der Waals surface area contributed by atoms with Crippen molar-refractivity contribution < 1.29 is 8.42 Å². The average molecular weight is 273 g/mol. The summed E-state index contributed by atoms with van der Waals surface area (Å²) >= 11 is 0. The van der Waals surface area contributed by atoms with Crippen molar-refractivity contribution in [3.8, 4) is 6.07 Å². The lowest BCUT2D eigenvalue weighted by atomic mass is 9.99. The van der Waals surface area contributed by atoms with E-state index in [1.165, 1.54) is 0 Å². The van der Waals surface area contributed by atoms with Gasteiger partial charge in [0, 0.05) is 12.6 Å². The fourth-order valence-corrected chi connectivity index (χ4v) is 4.08. The molecule has 18 heavy (non-hydrogen) atoms. The van der Waals surface area contributed by atoms with Gasteiger partial charge in [0.1, 0.15) is 5.54 Å². The standard InChI is InChI=1S/C12H23N3O2S/c1-4-14-12(2,10-13)6-7-15(3)11-5-8-18(16,17)9-11/h11,14H,4-9H2,1-3H3. The quantitative estimate of drug-likeness (QED) is 0.758. The van der Waals surface area contributed by atoms with Crippen LogP contribution in [0, 0.1) is 11.3 Å². The van der Waals surface area contributed by atoms with Crippen LogP contribution in [0.1, 0.15) is 26.7 Å².